The summed E-state index contributed by atoms with van der Waals surface area (Å²) < 4.78 is 42.5. The molecule has 27 heavy (non-hydrogen) atoms. The fourth-order valence-electron chi connectivity index (χ4n) is 3.77. The van der Waals surface area contributed by atoms with Crippen LogP contribution in [0.1, 0.15) is 23.3 Å². The summed E-state index contributed by atoms with van der Waals surface area (Å²) in [6, 6.07) is 1.34. The van der Waals surface area contributed by atoms with Gasteiger partial charge in [-0.15, -0.1) is 0 Å². The number of amides is 2. The maximum atomic E-state index is 12.5. The molecule has 2 saturated heterocycles. The van der Waals surface area contributed by atoms with Crippen molar-refractivity contribution >= 4 is 28.5 Å². The number of piperidine rings is 1. The van der Waals surface area contributed by atoms with E-state index >= 15 is 0 Å². The highest BCUT2D eigenvalue weighted by Gasteiger charge is 2.39. The van der Waals surface area contributed by atoms with Crippen LogP contribution in [0.2, 0.25) is 0 Å². The summed E-state index contributed by atoms with van der Waals surface area (Å²) in [5.74, 6) is -1.93. The largest absolute Gasteiger partial charge is 0.471 e. The summed E-state index contributed by atoms with van der Waals surface area (Å²) in [7, 11) is 0. The summed E-state index contributed by atoms with van der Waals surface area (Å²) in [4.78, 5) is 30.0. The Balaban J connectivity index is 1.51. The summed E-state index contributed by atoms with van der Waals surface area (Å²) in [5, 5.41) is 4.87. The molecule has 2 fully saturated rings. The van der Waals surface area contributed by atoms with Gasteiger partial charge >= 0.3 is 12.1 Å². The lowest BCUT2D eigenvalue weighted by Crippen LogP contribution is -2.47. The molecule has 3 atom stereocenters. The molecule has 144 valence electrons. The minimum Gasteiger partial charge on any atom is -0.460 e. The average Bonchev–Trinajstić information content (AvgIpc) is 3.16. The van der Waals surface area contributed by atoms with Gasteiger partial charge in [-0.05, 0) is 31.4 Å². The number of nitrogens with zero attached hydrogens (tertiary/aromatic N) is 2. The molecule has 1 unspecified atom stereocenters. The molecule has 7 nitrogen and oxygen atoms in total. The number of halogens is 3. The fraction of sp³-hybridized carbons (Fsp3) is 0.471. The van der Waals surface area contributed by atoms with Gasteiger partial charge in [0.25, 0.3) is 5.91 Å². The van der Waals surface area contributed by atoms with Crippen LogP contribution in [0.5, 0.6) is 0 Å². The average molecular weight is 382 g/mol. The Hall–Kier alpha value is -2.62. The maximum Gasteiger partial charge on any atom is 0.471 e. The van der Waals surface area contributed by atoms with Crippen LogP contribution in [0.4, 0.5) is 18.9 Å². The number of carbonyl (C=O) groups is 2. The first kappa shape index (κ1) is 17.8. The highest BCUT2D eigenvalue weighted by Crippen LogP contribution is 2.29. The number of alkyl halides is 3. The molecular formula is C17H17F3N4O3. The van der Waals surface area contributed by atoms with Crippen molar-refractivity contribution in [1.82, 2.24) is 15.2 Å². The number of fused-ring (bicyclic) bond motifs is 3. The molecule has 2 aromatic heterocycles. The van der Waals surface area contributed by atoms with Crippen LogP contribution >= 0.6 is 0 Å². The molecule has 10 heteroatoms. The third-order valence-corrected chi connectivity index (χ3v) is 5.00. The molecule has 2 N–H and O–H groups in total. The number of aromatic nitrogens is 1. The number of carbonyl (C=O) groups excluding carboxylic acids is 2. The number of furan rings is 1. The predicted octanol–water partition coefficient (Wildman–Crippen LogP) is 2.15. The fourth-order valence-corrected chi connectivity index (χ4v) is 3.77. The maximum absolute atomic E-state index is 12.5. The molecule has 2 amide bonds. The number of hydrogen-bond donors (Lipinski definition) is 2. The van der Waals surface area contributed by atoms with Crippen LogP contribution in [0.15, 0.2) is 22.9 Å². The van der Waals surface area contributed by atoms with Crippen LogP contribution in [0.3, 0.4) is 0 Å². The summed E-state index contributed by atoms with van der Waals surface area (Å²) in [5.41, 5.74) is 0.0655. The summed E-state index contributed by atoms with van der Waals surface area (Å²) in [6.07, 6.45) is -0.741. The zero-order valence-electron chi connectivity index (χ0n) is 14.2. The van der Waals surface area contributed by atoms with Gasteiger partial charge in [0, 0.05) is 24.5 Å². The zero-order chi connectivity index (χ0) is 19.2. The molecule has 0 aliphatic carbocycles. The molecule has 0 spiro atoms. The minimum absolute atomic E-state index is 0.0185. The number of nitrogens with one attached hydrogen (secondary N) is 2. The number of pyridine rings is 1. The smallest absolute Gasteiger partial charge is 0.460 e. The Bertz CT molecular complexity index is 883. The summed E-state index contributed by atoms with van der Waals surface area (Å²) in [6.45, 7) is 2.88. The first-order valence-corrected chi connectivity index (χ1v) is 8.58. The van der Waals surface area contributed by atoms with E-state index in [1.165, 1.54) is 12.3 Å². The first-order valence-electron chi connectivity index (χ1n) is 8.58. The van der Waals surface area contributed by atoms with Gasteiger partial charge in [-0.3, -0.25) is 9.59 Å². The van der Waals surface area contributed by atoms with Crippen LogP contribution in [0, 0.1) is 5.92 Å². The van der Waals surface area contributed by atoms with E-state index in [1.807, 2.05) is 0 Å². The van der Waals surface area contributed by atoms with Gasteiger partial charge in [-0.25, -0.2) is 4.98 Å². The highest BCUT2D eigenvalue weighted by molar-refractivity contribution is 6.04. The standard InChI is InChI=1S/C17H17F3N4O3/c18-17(19,20)16(26)23-13-8-27-14-5-21-12(4-11(13)14)15(25)22-10-3-9-1-2-24(6-9)7-10/h4-5,8-10H,1-3,6-7H2,(H,22,25)(H,23,26)/t9-,10-/m1/s1. The van der Waals surface area contributed by atoms with E-state index in [2.05, 4.69) is 15.2 Å². The van der Waals surface area contributed by atoms with Gasteiger partial charge in [0.2, 0.25) is 0 Å². The second-order valence-electron chi connectivity index (χ2n) is 6.99. The van der Waals surface area contributed by atoms with E-state index in [9.17, 15) is 22.8 Å². The van der Waals surface area contributed by atoms with E-state index in [0.717, 1.165) is 38.7 Å². The van der Waals surface area contributed by atoms with Crippen molar-refractivity contribution in [2.24, 2.45) is 5.92 Å². The molecule has 2 aliphatic rings. The second kappa shape index (κ2) is 6.52. The van der Waals surface area contributed by atoms with Crippen molar-refractivity contribution in [1.29, 1.82) is 0 Å². The van der Waals surface area contributed by atoms with Crippen molar-refractivity contribution < 1.29 is 27.2 Å². The van der Waals surface area contributed by atoms with Crippen LogP contribution in [0.25, 0.3) is 11.0 Å². The first-order chi connectivity index (χ1) is 12.8. The van der Waals surface area contributed by atoms with E-state index in [-0.39, 0.29) is 28.4 Å². The van der Waals surface area contributed by atoms with Crippen molar-refractivity contribution in [2.45, 2.75) is 25.1 Å². The van der Waals surface area contributed by atoms with Crippen molar-refractivity contribution in [3.05, 3.63) is 24.2 Å². The Morgan fingerprint density at radius 3 is 2.85 bits per heavy atom. The zero-order valence-corrected chi connectivity index (χ0v) is 14.2. The number of hydrogen-bond acceptors (Lipinski definition) is 5. The molecular weight excluding hydrogens is 365 g/mol. The van der Waals surface area contributed by atoms with Gasteiger partial charge in [0.05, 0.1) is 11.9 Å². The van der Waals surface area contributed by atoms with Gasteiger partial charge in [0.15, 0.2) is 5.58 Å². The van der Waals surface area contributed by atoms with Crippen LogP contribution in [-0.4, -0.2) is 53.6 Å². The number of rotatable bonds is 3. The predicted molar refractivity (Wildman–Crippen MR) is 89.1 cm³/mol. The SMILES string of the molecule is O=C(N[C@@H]1C[C@H]2CCN(C2)C1)c1cc2c(NC(=O)C(F)(F)F)coc2cn1. The minimum atomic E-state index is -5.02. The molecule has 4 heterocycles. The Morgan fingerprint density at radius 2 is 2.11 bits per heavy atom. The lowest BCUT2D eigenvalue weighted by Gasteiger charge is -2.30. The monoisotopic (exact) mass is 382 g/mol. The topological polar surface area (TPSA) is 87.5 Å². The van der Waals surface area contributed by atoms with E-state index in [4.69, 9.17) is 4.42 Å². The van der Waals surface area contributed by atoms with Gasteiger partial charge < -0.3 is 20.0 Å². The lowest BCUT2D eigenvalue weighted by atomic mass is 9.97. The molecule has 2 aromatic rings. The third kappa shape index (κ3) is 3.61. The second-order valence-corrected chi connectivity index (χ2v) is 6.99. The summed E-state index contributed by atoms with van der Waals surface area (Å²) >= 11 is 0. The molecule has 4 rings (SSSR count). The van der Waals surface area contributed by atoms with E-state index < -0.39 is 18.0 Å². The van der Waals surface area contributed by atoms with Crippen molar-refractivity contribution in [2.75, 3.05) is 25.0 Å². The Labute approximate surface area is 151 Å². The Kier molecular flexibility index (Phi) is 4.29. The van der Waals surface area contributed by atoms with Crippen molar-refractivity contribution in [3.8, 4) is 0 Å². The molecule has 2 bridgehead atoms. The van der Waals surface area contributed by atoms with Crippen LogP contribution in [-0.2, 0) is 4.79 Å². The van der Waals surface area contributed by atoms with Gasteiger partial charge in [-0.1, -0.05) is 0 Å². The Morgan fingerprint density at radius 1 is 1.30 bits per heavy atom. The lowest BCUT2D eigenvalue weighted by molar-refractivity contribution is -0.167. The van der Waals surface area contributed by atoms with Gasteiger partial charge in [-0.2, -0.15) is 13.2 Å². The van der Waals surface area contributed by atoms with Crippen molar-refractivity contribution in [3.63, 3.8) is 0 Å². The molecule has 0 radical (unpaired) electrons. The normalized spacial score (nSPS) is 24.8. The highest BCUT2D eigenvalue weighted by atomic mass is 19.4. The van der Waals surface area contributed by atoms with E-state index in [0.29, 0.717) is 5.92 Å². The van der Waals surface area contributed by atoms with Gasteiger partial charge in [0.1, 0.15) is 12.0 Å². The molecule has 0 saturated carbocycles. The molecule has 0 aromatic carbocycles. The quantitative estimate of drug-likeness (QED) is 0.850. The number of anilines is 1. The van der Waals surface area contributed by atoms with E-state index in [1.54, 1.807) is 5.32 Å². The third-order valence-electron chi connectivity index (χ3n) is 5.00. The molecule has 2 aliphatic heterocycles. The van der Waals surface area contributed by atoms with Crippen LogP contribution < -0.4 is 10.6 Å².